The highest BCUT2D eigenvalue weighted by Crippen LogP contribution is 2.11. The van der Waals surface area contributed by atoms with Crippen molar-refractivity contribution in [2.45, 2.75) is 13.8 Å². The number of aldehydes is 1. The molecule has 0 spiro atoms. The van der Waals surface area contributed by atoms with E-state index in [-0.39, 0.29) is 5.56 Å². The minimum atomic E-state index is -0.833. The van der Waals surface area contributed by atoms with Gasteiger partial charge in [-0.25, -0.2) is 0 Å². The molecule has 0 aliphatic carbocycles. The van der Waals surface area contributed by atoms with E-state index in [4.69, 9.17) is 19.8 Å². The number of carboxylic acid groups (broad SMARTS) is 2. The molecule has 0 amide bonds. The van der Waals surface area contributed by atoms with Crippen LogP contribution in [0.15, 0.2) is 6.20 Å². The Bertz CT molecular complexity index is 446. The Hall–Kier alpha value is -2.78. The Kier molecular flexibility index (Phi) is 9.07. The first-order valence-electron chi connectivity index (χ1n) is 4.64. The number of aromatic nitrogens is 2. The molecule has 1 heterocycles. The smallest absolute Gasteiger partial charge is 0.400 e. The quantitative estimate of drug-likeness (QED) is 0.444. The lowest BCUT2D eigenvalue weighted by atomic mass is 10.4. The maximum atomic E-state index is 10.2. The van der Waals surface area contributed by atoms with Gasteiger partial charge in [0.25, 0.3) is 11.9 Å². The van der Waals surface area contributed by atoms with Crippen molar-refractivity contribution in [1.82, 2.24) is 9.78 Å². The molecule has 0 aliphatic rings. The van der Waals surface area contributed by atoms with Crippen LogP contribution >= 0.6 is 0 Å². The van der Waals surface area contributed by atoms with E-state index in [9.17, 15) is 14.9 Å². The molecule has 0 saturated heterocycles. The molecule has 0 bridgehead atoms. The second-order valence-electron chi connectivity index (χ2n) is 2.99. The van der Waals surface area contributed by atoms with E-state index < -0.39 is 22.7 Å². The first-order chi connectivity index (χ1) is 8.61. The lowest BCUT2D eigenvalue weighted by molar-refractivity contribution is -0.390. The zero-order valence-corrected chi connectivity index (χ0v) is 10.4. The predicted molar refractivity (Wildman–Crippen MR) is 61.9 cm³/mol. The molecule has 0 aliphatic heterocycles. The standard InChI is InChI=1S/C5H5N3O3.2C2H4O2/c1-7-2-4(3-9)5(6-7)8(10)11;2*1-2(3)4/h2-3H,1H3;2*1H3,(H,3,4). The first-order valence-corrected chi connectivity index (χ1v) is 4.64. The Morgan fingerprint density at radius 2 is 1.74 bits per heavy atom. The van der Waals surface area contributed by atoms with Gasteiger partial charge in [0, 0.05) is 13.8 Å². The summed E-state index contributed by atoms with van der Waals surface area (Å²) < 4.78 is 1.22. The van der Waals surface area contributed by atoms with Gasteiger partial charge in [0.05, 0.1) is 18.3 Å². The van der Waals surface area contributed by atoms with Crippen LogP contribution in [-0.2, 0) is 16.6 Å². The zero-order chi connectivity index (χ0) is 15.6. The molecule has 10 heteroatoms. The van der Waals surface area contributed by atoms with E-state index >= 15 is 0 Å². The fourth-order valence-corrected chi connectivity index (χ4v) is 0.720. The normalized spacial score (nSPS) is 8.16. The molecule has 19 heavy (non-hydrogen) atoms. The van der Waals surface area contributed by atoms with Crippen molar-refractivity contribution in [3.8, 4) is 0 Å². The van der Waals surface area contributed by atoms with Gasteiger partial charge in [-0.05, 0) is 4.92 Å². The van der Waals surface area contributed by atoms with Crippen molar-refractivity contribution >= 4 is 24.0 Å². The second-order valence-corrected chi connectivity index (χ2v) is 2.99. The Labute approximate surface area is 107 Å². The van der Waals surface area contributed by atoms with Crippen molar-refractivity contribution in [1.29, 1.82) is 0 Å². The summed E-state index contributed by atoms with van der Waals surface area (Å²) in [6.07, 6.45) is 1.70. The highest BCUT2D eigenvalue weighted by atomic mass is 16.6. The lowest BCUT2D eigenvalue weighted by Crippen LogP contribution is -1.93. The van der Waals surface area contributed by atoms with E-state index in [1.165, 1.54) is 17.9 Å². The van der Waals surface area contributed by atoms with Crippen LogP contribution in [0.4, 0.5) is 5.82 Å². The number of nitrogens with zero attached hydrogens (tertiary/aromatic N) is 3. The maximum absolute atomic E-state index is 10.2. The number of carbonyl (C=O) groups excluding carboxylic acids is 1. The van der Waals surface area contributed by atoms with Gasteiger partial charge in [-0.1, -0.05) is 0 Å². The van der Waals surface area contributed by atoms with Crippen LogP contribution in [0.5, 0.6) is 0 Å². The zero-order valence-electron chi connectivity index (χ0n) is 10.4. The second kappa shape index (κ2) is 9.27. The molecule has 0 radical (unpaired) electrons. The average Bonchev–Trinajstić information content (AvgIpc) is 2.57. The number of hydrogen-bond donors (Lipinski definition) is 2. The largest absolute Gasteiger partial charge is 0.481 e. The van der Waals surface area contributed by atoms with Gasteiger partial charge < -0.3 is 20.3 Å². The first kappa shape index (κ1) is 18.6. The Morgan fingerprint density at radius 3 is 1.95 bits per heavy atom. The summed E-state index contributed by atoms with van der Waals surface area (Å²) in [6, 6.07) is 0. The predicted octanol–water partition coefficient (Wildman–Crippen LogP) is 0.323. The van der Waals surface area contributed by atoms with Gasteiger partial charge in [0.2, 0.25) is 0 Å². The van der Waals surface area contributed by atoms with E-state index in [1.807, 2.05) is 0 Å². The van der Waals surface area contributed by atoms with Crippen molar-refractivity contribution in [2.24, 2.45) is 7.05 Å². The molecule has 106 valence electrons. The molecule has 0 unspecified atom stereocenters. The third kappa shape index (κ3) is 11.5. The Balaban J connectivity index is 0. The summed E-state index contributed by atoms with van der Waals surface area (Å²) >= 11 is 0. The number of carboxylic acids is 2. The molecule has 0 saturated carbocycles. The van der Waals surface area contributed by atoms with Gasteiger partial charge in [0.15, 0.2) is 6.29 Å². The number of carbonyl (C=O) groups is 3. The van der Waals surface area contributed by atoms with E-state index in [1.54, 1.807) is 0 Å². The molecule has 1 aromatic heterocycles. The molecule has 0 atom stereocenters. The fraction of sp³-hybridized carbons (Fsp3) is 0.333. The van der Waals surface area contributed by atoms with Crippen LogP contribution in [-0.4, -0.2) is 43.1 Å². The molecular formula is C9H13N3O7. The number of hydrogen-bond acceptors (Lipinski definition) is 6. The number of nitro groups is 1. The van der Waals surface area contributed by atoms with E-state index in [0.717, 1.165) is 13.8 Å². The molecule has 0 fully saturated rings. The van der Waals surface area contributed by atoms with Gasteiger partial charge in [-0.2, -0.15) is 4.68 Å². The molecule has 1 rings (SSSR count). The minimum absolute atomic E-state index is 0.00231. The average molecular weight is 275 g/mol. The molecule has 1 aromatic rings. The van der Waals surface area contributed by atoms with Crippen molar-refractivity contribution < 1.29 is 29.5 Å². The van der Waals surface area contributed by atoms with Gasteiger partial charge in [-0.15, -0.1) is 0 Å². The highest BCUT2D eigenvalue weighted by molar-refractivity contribution is 5.79. The maximum Gasteiger partial charge on any atom is 0.400 e. The molecular weight excluding hydrogens is 262 g/mol. The summed E-state index contributed by atoms with van der Waals surface area (Å²) in [5, 5.41) is 28.5. The topological polar surface area (TPSA) is 153 Å². The number of aryl methyl sites for hydroxylation is 1. The van der Waals surface area contributed by atoms with Crippen LogP contribution in [0.3, 0.4) is 0 Å². The van der Waals surface area contributed by atoms with Crippen LogP contribution in [0.1, 0.15) is 24.2 Å². The third-order valence-electron chi connectivity index (χ3n) is 1.14. The number of aliphatic carboxylic acids is 2. The monoisotopic (exact) mass is 275 g/mol. The van der Waals surface area contributed by atoms with Crippen molar-refractivity contribution in [2.75, 3.05) is 0 Å². The van der Waals surface area contributed by atoms with Crippen molar-refractivity contribution in [3.05, 3.63) is 21.9 Å². The third-order valence-corrected chi connectivity index (χ3v) is 1.14. The van der Waals surface area contributed by atoms with Gasteiger partial charge >= 0.3 is 5.82 Å². The minimum Gasteiger partial charge on any atom is -0.481 e. The highest BCUT2D eigenvalue weighted by Gasteiger charge is 2.17. The lowest BCUT2D eigenvalue weighted by Gasteiger charge is -1.84. The summed E-state index contributed by atoms with van der Waals surface area (Å²) in [5.41, 5.74) is -0.00231. The summed E-state index contributed by atoms with van der Waals surface area (Å²) in [4.78, 5) is 37.7. The van der Waals surface area contributed by atoms with Crippen LogP contribution < -0.4 is 0 Å². The molecule has 0 aromatic carbocycles. The van der Waals surface area contributed by atoms with Crippen molar-refractivity contribution in [3.63, 3.8) is 0 Å². The van der Waals surface area contributed by atoms with Crippen LogP contribution in [0, 0.1) is 10.1 Å². The van der Waals surface area contributed by atoms with E-state index in [0.29, 0.717) is 6.29 Å². The van der Waals surface area contributed by atoms with Gasteiger partial charge in [-0.3, -0.25) is 14.4 Å². The summed E-state index contributed by atoms with van der Waals surface area (Å²) in [5.74, 6) is -2.07. The molecule has 10 nitrogen and oxygen atoms in total. The SMILES string of the molecule is CC(=O)O.CC(=O)O.Cn1cc(C=O)c([N+](=O)[O-])n1. The van der Waals surface area contributed by atoms with E-state index in [2.05, 4.69) is 5.10 Å². The van der Waals surface area contributed by atoms with Gasteiger partial charge in [0.1, 0.15) is 5.56 Å². The Morgan fingerprint density at radius 1 is 1.37 bits per heavy atom. The van der Waals surface area contributed by atoms with Crippen LogP contribution in [0.2, 0.25) is 0 Å². The fourth-order valence-electron chi connectivity index (χ4n) is 0.720. The summed E-state index contributed by atoms with van der Waals surface area (Å²) in [7, 11) is 1.51. The van der Waals surface area contributed by atoms with Crippen LogP contribution in [0.25, 0.3) is 0 Å². The molecule has 2 N–H and O–H groups in total. The number of rotatable bonds is 2. The summed E-state index contributed by atoms with van der Waals surface area (Å²) in [6.45, 7) is 2.17.